The van der Waals surface area contributed by atoms with Crippen molar-refractivity contribution in [2.75, 3.05) is 5.32 Å². The summed E-state index contributed by atoms with van der Waals surface area (Å²) in [5, 5.41) is 16.3. The summed E-state index contributed by atoms with van der Waals surface area (Å²) < 4.78 is 1.67. The summed E-state index contributed by atoms with van der Waals surface area (Å²) >= 11 is 0. The highest BCUT2D eigenvalue weighted by Gasteiger charge is 2.16. The third-order valence-corrected chi connectivity index (χ3v) is 3.76. The van der Waals surface area contributed by atoms with Gasteiger partial charge in [-0.05, 0) is 50.2 Å². The van der Waals surface area contributed by atoms with E-state index in [1.165, 1.54) is 6.20 Å². The lowest BCUT2D eigenvalue weighted by Crippen LogP contribution is -2.16. The van der Waals surface area contributed by atoms with Crippen LogP contribution in [0.15, 0.2) is 48.8 Å². The average molecular weight is 317 g/mol. The molecule has 1 N–H and O–H groups in total. The Morgan fingerprint density at radius 3 is 2.58 bits per heavy atom. The molecule has 0 saturated carbocycles. The first-order valence-electron chi connectivity index (χ1n) is 7.38. The number of aromatic nitrogens is 3. The van der Waals surface area contributed by atoms with Crippen LogP contribution in [-0.4, -0.2) is 20.7 Å². The number of nitrogens with one attached hydrogen (secondary N) is 1. The minimum absolute atomic E-state index is 0.249. The number of carbonyl (C=O) groups excluding carboxylic acids is 1. The number of nitriles is 1. The molecule has 0 unspecified atom stereocenters. The monoisotopic (exact) mass is 317 g/mol. The third kappa shape index (κ3) is 2.88. The van der Waals surface area contributed by atoms with Crippen molar-refractivity contribution < 1.29 is 4.79 Å². The van der Waals surface area contributed by atoms with Gasteiger partial charge in [0.1, 0.15) is 5.82 Å². The SMILES string of the molecule is Cc1nn(-c2ccc(C#N)cc2)c(NC(=O)c2cccnc2)c1C. The van der Waals surface area contributed by atoms with Crippen LogP contribution in [0, 0.1) is 25.2 Å². The maximum absolute atomic E-state index is 12.4. The molecule has 0 aliphatic heterocycles. The van der Waals surface area contributed by atoms with Crippen molar-refractivity contribution in [1.29, 1.82) is 5.26 Å². The van der Waals surface area contributed by atoms with Gasteiger partial charge in [-0.3, -0.25) is 9.78 Å². The molecule has 0 aliphatic carbocycles. The molecule has 0 spiro atoms. The number of hydrogen-bond donors (Lipinski definition) is 1. The van der Waals surface area contributed by atoms with Crippen LogP contribution in [-0.2, 0) is 0 Å². The third-order valence-electron chi connectivity index (χ3n) is 3.76. The number of nitrogens with zero attached hydrogens (tertiary/aromatic N) is 4. The Hall–Kier alpha value is -3.46. The largest absolute Gasteiger partial charge is 0.306 e. The first-order valence-corrected chi connectivity index (χ1v) is 7.38. The van der Waals surface area contributed by atoms with Gasteiger partial charge in [0.05, 0.1) is 28.6 Å². The van der Waals surface area contributed by atoms with Crippen LogP contribution in [0.5, 0.6) is 0 Å². The quantitative estimate of drug-likeness (QED) is 0.805. The van der Waals surface area contributed by atoms with E-state index in [9.17, 15) is 4.79 Å². The molecule has 0 saturated heterocycles. The maximum atomic E-state index is 12.4. The van der Waals surface area contributed by atoms with Crippen molar-refractivity contribution in [3.63, 3.8) is 0 Å². The molecule has 118 valence electrons. The molecule has 3 rings (SSSR count). The molecule has 0 radical (unpaired) electrons. The fourth-order valence-electron chi connectivity index (χ4n) is 2.29. The minimum atomic E-state index is -0.249. The fraction of sp³-hybridized carbons (Fsp3) is 0.111. The molecule has 0 bridgehead atoms. The van der Waals surface area contributed by atoms with Gasteiger partial charge in [0, 0.05) is 18.0 Å². The van der Waals surface area contributed by atoms with Gasteiger partial charge in [-0.25, -0.2) is 4.68 Å². The molecule has 0 aliphatic rings. The van der Waals surface area contributed by atoms with E-state index in [1.807, 2.05) is 13.8 Å². The molecule has 2 aromatic heterocycles. The average Bonchev–Trinajstić information content (AvgIpc) is 2.91. The molecule has 1 amide bonds. The Morgan fingerprint density at radius 1 is 1.21 bits per heavy atom. The summed E-state index contributed by atoms with van der Waals surface area (Å²) in [6.45, 7) is 3.79. The van der Waals surface area contributed by atoms with Crippen LogP contribution < -0.4 is 5.32 Å². The normalized spacial score (nSPS) is 10.2. The second-order valence-electron chi connectivity index (χ2n) is 5.33. The van der Waals surface area contributed by atoms with E-state index in [4.69, 9.17) is 5.26 Å². The zero-order valence-electron chi connectivity index (χ0n) is 13.3. The summed E-state index contributed by atoms with van der Waals surface area (Å²) in [5.41, 5.74) is 3.52. The molecule has 0 atom stereocenters. The van der Waals surface area contributed by atoms with Gasteiger partial charge in [0.25, 0.3) is 5.91 Å². The predicted molar refractivity (Wildman–Crippen MR) is 89.9 cm³/mol. The zero-order chi connectivity index (χ0) is 17.1. The first kappa shape index (κ1) is 15.4. The van der Waals surface area contributed by atoms with Crippen LogP contribution in [0.3, 0.4) is 0 Å². The second-order valence-corrected chi connectivity index (χ2v) is 5.33. The van der Waals surface area contributed by atoms with Gasteiger partial charge in [-0.1, -0.05) is 0 Å². The van der Waals surface area contributed by atoms with Crippen molar-refractivity contribution in [3.8, 4) is 11.8 Å². The van der Waals surface area contributed by atoms with Crippen LogP contribution in [0.4, 0.5) is 5.82 Å². The Balaban J connectivity index is 1.98. The predicted octanol–water partition coefficient (Wildman–Crippen LogP) is 3.01. The number of amides is 1. The number of anilines is 1. The first-order chi connectivity index (χ1) is 11.6. The molecule has 1 aromatic carbocycles. The number of benzene rings is 1. The standard InChI is InChI=1S/C18H15N5O/c1-12-13(2)22-23(16-7-5-14(10-19)6-8-16)17(12)21-18(24)15-4-3-9-20-11-15/h3-9,11H,1-2H3,(H,21,24). The van der Waals surface area contributed by atoms with Crippen LogP contribution in [0.25, 0.3) is 5.69 Å². The highest BCUT2D eigenvalue weighted by molar-refractivity contribution is 6.04. The fourth-order valence-corrected chi connectivity index (χ4v) is 2.29. The van der Waals surface area contributed by atoms with Gasteiger partial charge in [0.2, 0.25) is 0 Å². The van der Waals surface area contributed by atoms with Crippen molar-refractivity contribution in [3.05, 3.63) is 71.2 Å². The smallest absolute Gasteiger partial charge is 0.258 e. The van der Waals surface area contributed by atoms with E-state index in [1.54, 1.807) is 47.3 Å². The van der Waals surface area contributed by atoms with E-state index in [0.29, 0.717) is 16.9 Å². The van der Waals surface area contributed by atoms with E-state index in [-0.39, 0.29) is 5.91 Å². The van der Waals surface area contributed by atoms with E-state index < -0.39 is 0 Å². The lowest BCUT2D eigenvalue weighted by atomic mass is 10.2. The van der Waals surface area contributed by atoms with Gasteiger partial charge in [0.15, 0.2) is 0 Å². The molecular formula is C18H15N5O. The highest BCUT2D eigenvalue weighted by atomic mass is 16.1. The van der Waals surface area contributed by atoms with Crippen LogP contribution >= 0.6 is 0 Å². The Morgan fingerprint density at radius 2 is 1.96 bits per heavy atom. The van der Waals surface area contributed by atoms with Gasteiger partial charge >= 0.3 is 0 Å². The molecule has 24 heavy (non-hydrogen) atoms. The van der Waals surface area contributed by atoms with Gasteiger partial charge in [-0.2, -0.15) is 10.4 Å². The van der Waals surface area contributed by atoms with Crippen molar-refractivity contribution in [1.82, 2.24) is 14.8 Å². The number of rotatable bonds is 3. The highest BCUT2D eigenvalue weighted by Crippen LogP contribution is 2.23. The molecule has 6 nitrogen and oxygen atoms in total. The molecule has 0 fully saturated rings. The summed E-state index contributed by atoms with van der Waals surface area (Å²) in [5.74, 6) is 0.354. The summed E-state index contributed by atoms with van der Waals surface area (Å²) in [6.07, 6.45) is 3.13. The van der Waals surface area contributed by atoms with Crippen molar-refractivity contribution in [2.45, 2.75) is 13.8 Å². The maximum Gasteiger partial charge on any atom is 0.258 e. The summed E-state index contributed by atoms with van der Waals surface area (Å²) in [7, 11) is 0. The van der Waals surface area contributed by atoms with E-state index >= 15 is 0 Å². The minimum Gasteiger partial charge on any atom is -0.306 e. The number of carbonyl (C=O) groups is 1. The van der Waals surface area contributed by atoms with E-state index in [2.05, 4.69) is 21.5 Å². The molecular weight excluding hydrogens is 302 g/mol. The van der Waals surface area contributed by atoms with E-state index in [0.717, 1.165) is 16.9 Å². The number of pyridine rings is 1. The van der Waals surface area contributed by atoms with Crippen molar-refractivity contribution in [2.24, 2.45) is 0 Å². The molecule has 2 heterocycles. The topological polar surface area (TPSA) is 83.6 Å². The number of aryl methyl sites for hydroxylation is 1. The number of hydrogen-bond acceptors (Lipinski definition) is 4. The second kappa shape index (κ2) is 6.34. The van der Waals surface area contributed by atoms with Crippen molar-refractivity contribution >= 4 is 11.7 Å². The van der Waals surface area contributed by atoms with Crippen LogP contribution in [0.1, 0.15) is 27.2 Å². The lowest BCUT2D eigenvalue weighted by molar-refractivity contribution is 0.102. The lowest BCUT2D eigenvalue weighted by Gasteiger charge is -2.10. The molecule has 3 aromatic rings. The zero-order valence-corrected chi connectivity index (χ0v) is 13.3. The van der Waals surface area contributed by atoms with Crippen LogP contribution in [0.2, 0.25) is 0 Å². The summed E-state index contributed by atoms with van der Waals surface area (Å²) in [4.78, 5) is 16.4. The molecule has 6 heteroatoms. The summed E-state index contributed by atoms with van der Waals surface area (Å²) in [6, 6.07) is 12.5. The van der Waals surface area contributed by atoms with Gasteiger partial charge < -0.3 is 5.32 Å². The Bertz CT molecular complexity index is 921. The Kier molecular flexibility index (Phi) is 4.08. The Labute approximate surface area is 139 Å². The van der Waals surface area contributed by atoms with Gasteiger partial charge in [-0.15, -0.1) is 0 Å².